The van der Waals surface area contributed by atoms with Crippen molar-refractivity contribution in [1.29, 1.82) is 0 Å². The maximum atomic E-state index is 13.0. The van der Waals surface area contributed by atoms with Gasteiger partial charge >= 0.3 is 0 Å². The molecule has 3 heterocycles. The summed E-state index contributed by atoms with van der Waals surface area (Å²) < 4.78 is 3.99. The number of rotatable bonds is 7. The third kappa shape index (κ3) is 5.14. The van der Waals surface area contributed by atoms with Gasteiger partial charge < -0.3 is 5.32 Å². The molecular formula is C26H29N7OS. The molecule has 2 atom stereocenters. The van der Waals surface area contributed by atoms with Crippen molar-refractivity contribution in [2.45, 2.75) is 50.7 Å². The molecular weight excluding hydrogens is 458 g/mol. The third-order valence-corrected chi connectivity index (χ3v) is 7.36. The number of carbonyl (C=O) groups is 1. The Kier molecular flexibility index (Phi) is 6.94. The van der Waals surface area contributed by atoms with Gasteiger partial charge in [0.2, 0.25) is 5.91 Å². The number of aromatic nitrogens is 6. The van der Waals surface area contributed by atoms with E-state index < -0.39 is 0 Å². The largest absolute Gasteiger partial charge is 0.310 e. The van der Waals surface area contributed by atoms with Crippen molar-refractivity contribution < 1.29 is 4.79 Å². The van der Waals surface area contributed by atoms with E-state index in [2.05, 4.69) is 37.1 Å². The maximum absolute atomic E-state index is 13.0. The van der Waals surface area contributed by atoms with Gasteiger partial charge in [-0.25, -0.2) is 4.68 Å². The maximum Gasteiger partial charge on any atom is 0.236 e. The summed E-state index contributed by atoms with van der Waals surface area (Å²) in [5.41, 5.74) is 2.68. The van der Waals surface area contributed by atoms with Crippen LogP contribution in [-0.4, -0.2) is 41.2 Å². The molecule has 4 aromatic rings. The highest BCUT2D eigenvalue weighted by molar-refractivity contribution is 7.99. The first-order valence-corrected chi connectivity index (χ1v) is 13.0. The first kappa shape index (κ1) is 23.3. The van der Waals surface area contributed by atoms with Crippen LogP contribution in [0.4, 0.5) is 5.82 Å². The van der Waals surface area contributed by atoms with Crippen molar-refractivity contribution in [3.05, 3.63) is 66.6 Å². The fraction of sp³-hybridized carbons (Fsp3) is 0.346. The first-order valence-electron chi connectivity index (χ1n) is 12.0. The number of anilines is 1. The van der Waals surface area contributed by atoms with Gasteiger partial charge in [0.1, 0.15) is 5.82 Å². The summed E-state index contributed by atoms with van der Waals surface area (Å²) in [6.07, 6.45) is 8.29. The minimum atomic E-state index is -0.110. The predicted octanol–water partition coefficient (Wildman–Crippen LogP) is 5.32. The minimum absolute atomic E-state index is 0.110. The number of nitrogens with one attached hydrogen (secondary N) is 1. The van der Waals surface area contributed by atoms with Crippen molar-refractivity contribution in [3.8, 4) is 17.1 Å². The molecule has 2 unspecified atom stereocenters. The van der Waals surface area contributed by atoms with Gasteiger partial charge in [-0.1, -0.05) is 49.7 Å². The van der Waals surface area contributed by atoms with Crippen LogP contribution in [0, 0.1) is 12.8 Å². The molecule has 0 radical (unpaired) electrons. The number of aryl methyl sites for hydroxylation is 1. The van der Waals surface area contributed by atoms with E-state index in [4.69, 9.17) is 0 Å². The third-order valence-electron chi connectivity index (χ3n) is 6.41. The summed E-state index contributed by atoms with van der Waals surface area (Å²) in [7, 11) is 0. The molecule has 1 aliphatic carbocycles. The van der Waals surface area contributed by atoms with Crippen molar-refractivity contribution in [1.82, 2.24) is 29.5 Å². The van der Waals surface area contributed by atoms with Crippen LogP contribution in [0.5, 0.6) is 0 Å². The number of benzene rings is 1. The Morgan fingerprint density at radius 1 is 1.11 bits per heavy atom. The normalized spacial score (nSPS) is 17.9. The second-order valence-electron chi connectivity index (χ2n) is 9.00. The Hall–Kier alpha value is -3.46. The standard InChI is InChI=1S/C26H29N7OS/c1-18-9-6-7-13-22(18)32-25(20-10-8-14-27-16-20)29-30-26(32)35-17-24(34)28-23-15-19(2)31-33(23)21-11-4-3-5-12-21/h3-5,8,10-12,14-16,18,22H,6-7,9,13,17H2,1-2H3,(H,28,34). The minimum Gasteiger partial charge on any atom is -0.310 e. The van der Waals surface area contributed by atoms with Gasteiger partial charge in [-0.15, -0.1) is 10.2 Å². The molecule has 0 spiro atoms. The molecule has 0 saturated heterocycles. The summed E-state index contributed by atoms with van der Waals surface area (Å²) >= 11 is 1.42. The van der Waals surface area contributed by atoms with E-state index in [9.17, 15) is 4.79 Å². The monoisotopic (exact) mass is 487 g/mol. The lowest BCUT2D eigenvalue weighted by atomic mass is 9.85. The van der Waals surface area contributed by atoms with E-state index in [1.54, 1.807) is 10.9 Å². The summed E-state index contributed by atoms with van der Waals surface area (Å²) in [5, 5.41) is 17.3. The zero-order chi connectivity index (χ0) is 24.2. The van der Waals surface area contributed by atoms with E-state index in [1.165, 1.54) is 31.0 Å². The molecule has 0 aliphatic heterocycles. The zero-order valence-electron chi connectivity index (χ0n) is 20.0. The lowest BCUT2D eigenvalue weighted by molar-refractivity contribution is -0.113. The van der Waals surface area contributed by atoms with Gasteiger partial charge in [-0.2, -0.15) is 5.10 Å². The van der Waals surface area contributed by atoms with Crippen LogP contribution < -0.4 is 5.32 Å². The van der Waals surface area contributed by atoms with Crippen molar-refractivity contribution in [2.75, 3.05) is 11.1 Å². The molecule has 3 aromatic heterocycles. The highest BCUT2D eigenvalue weighted by atomic mass is 32.2. The van der Waals surface area contributed by atoms with Crippen molar-refractivity contribution in [2.24, 2.45) is 5.92 Å². The van der Waals surface area contributed by atoms with Crippen LogP contribution in [0.1, 0.15) is 44.3 Å². The lowest BCUT2D eigenvalue weighted by Gasteiger charge is -2.31. The Bertz CT molecular complexity index is 1290. The van der Waals surface area contributed by atoms with E-state index in [1.807, 2.05) is 61.7 Å². The average Bonchev–Trinajstić information content (AvgIpc) is 3.47. The smallest absolute Gasteiger partial charge is 0.236 e. The molecule has 9 heteroatoms. The quantitative estimate of drug-likeness (QED) is 0.355. The van der Waals surface area contributed by atoms with E-state index in [0.717, 1.165) is 34.3 Å². The van der Waals surface area contributed by atoms with Gasteiger partial charge in [0.15, 0.2) is 11.0 Å². The summed E-state index contributed by atoms with van der Waals surface area (Å²) in [5.74, 6) is 2.11. The number of hydrogen-bond donors (Lipinski definition) is 1. The molecule has 180 valence electrons. The number of amides is 1. The average molecular weight is 488 g/mol. The van der Waals surface area contributed by atoms with E-state index in [0.29, 0.717) is 17.8 Å². The van der Waals surface area contributed by atoms with Gasteiger partial charge in [0, 0.05) is 30.1 Å². The molecule has 35 heavy (non-hydrogen) atoms. The predicted molar refractivity (Wildman–Crippen MR) is 138 cm³/mol. The number of para-hydroxylation sites is 1. The molecule has 1 amide bonds. The highest BCUT2D eigenvalue weighted by Gasteiger charge is 2.29. The topological polar surface area (TPSA) is 90.5 Å². The number of pyridine rings is 1. The molecule has 0 bridgehead atoms. The van der Waals surface area contributed by atoms with Crippen molar-refractivity contribution >= 4 is 23.5 Å². The van der Waals surface area contributed by atoms with E-state index in [-0.39, 0.29) is 11.7 Å². The Labute approximate surface area is 209 Å². The summed E-state index contributed by atoms with van der Waals surface area (Å²) in [6, 6.07) is 15.9. The molecule has 1 N–H and O–H groups in total. The Balaban J connectivity index is 1.36. The second-order valence-corrected chi connectivity index (χ2v) is 9.94. The Morgan fingerprint density at radius 3 is 2.71 bits per heavy atom. The lowest BCUT2D eigenvalue weighted by Crippen LogP contribution is -2.23. The number of carbonyl (C=O) groups excluding carboxylic acids is 1. The van der Waals surface area contributed by atoms with Gasteiger partial charge in [-0.3, -0.25) is 14.3 Å². The van der Waals surface area contributed by atoms with Crippen LogP contribution in [0.2, 0.25) is 0 Å². The van der Waals surface area contributed by atoms with Crippen molar-refractivity contribution in [3.63, 3.8) is 0 Å². The van der Waals surface area contributed by atoms with Gasteiger partial charge in [-0.05, 0) is 49.9 Å². The van der Waals surface area contributed by atoms with Gasteiger partial charge in [0.05, 0.1) is 17.1 Å². The van der Waals surface area contributed by atoms with Gasteiger partial charge in [0.25, 0.3) is 0 Å². The van der Waals surface area contributed by atoms with Crippen LogP contribution in [0.25, 0.3) is 17.1 Å². The molecule has 8 nitrogen and oxygen atoms in total. The SMILES string of the molecule is Cc1cc(NC(=O)CSc2nnc(-c3cccnc3)n2C2CCCCC2C)n(-c2ccccc2)n1. The number of hydrogen-bond acceptors (Lipinski definition) is 6. The molecule has 1 fully saturated rings. The highest BCUT2D eigenvalue weighted by Crippen LogP contribution is 2.38. The fourth-order valence-corrected chi connectivity index (χ4v) is 5.50. The molecule has 1 aromatic carbocycles. The van der Waals surface area contributed by atoms with Crippen LogP contribution in [0.15, 0.2) is 66.1 Å². The number of thioether (sulfide) groups is 1. The van der Waals surface area contributed by atoms with Crippen LogP contribution in [-0.2, 0) is 4.79 Å². The van der Waals surface area contributed by atoms with Crippen LogP contribution >= 0.6 is 11.8 Å². The number of nitrogens with zero attached hydrogens (tertiary/aromatic N) is 6. The summed E-state index contributed by atoms with van der Waals surface area (Å²) in [4.78, 5) is 17.2. The van der Waals surface area contributed by atoms with E-state index >= 15 is 0 Å². The molecule has 1 saturated carbocycles. The Morgan fingerprint density at radius 2 is 1.94 bits per heavy atom. The molecule has 1 aliphatic rings. The fourth-order valence-electron chi connectivity index (χ4n) is 4.71. The summed E-state index contributed by atoms with van der Waals surface area (Å²) in [6.45, 7) is 4.21. The van der Waals surface area contributed by atoms with Crippen LogP contribution in [0.3, 0.4) is 0 Å². The first-order chi connectivity index (χ1) is 17.1. The second kappa shape index (κ2) is 10.4. The molecule has 5 rings (SSSR count). The zero-order valence-corrected chi connectivity index (χ0v) is 20.8.